The van der Waals surface area contributed by atoms with Gasteiger partial charge in [-0.05, 0) is 26.0 Å². The summed E-state index contributed by atoms with van der Waals surface area (Å²) in [5.74, 6) is 1.21. The summed E-state index contributed by atoms with van der Waals surface area (Å²) in [5, 5.41) is 15.1. The number of ether oxygens (including phenoxy) is 1. The van der Waals surface area contributed by atoms with Crippen LogP contribution in [0.3, 0.4) is 0 Å². The van der Waals surface area contributed by atoms with E-state index in [0.29, 0.717) is 18.1 Å². The van der Waals surface area contributed by atoms with E-state index in [4.69, 9.17) is 4.74 Å². The first-order chi connectivity index (χ1) is 12.0. The van der Waals surface area contributed by atoms with E-state index in [9.17, 15) is 4.79 Å². The number of nitrogens with one attached hydrogen (secondary N) is 1. The van der Waals surface area contributed by atoms with Crippen molar-refractivity contribution >= 4 is 11.7 Å². The fourth-order valence-electron chi connectivity index (χ4n) is 2.32. The van der Waals surface area contributed by atoms with Gasteiger partial charge in [0.05, 0.1) is 11.9 Å². The van der Waals surface area contributed by atoms with Crippen LogP contribution in [-0.4, -0.2) is 30.7 Å². The van der Waals surface area contributed by atoms with Crippen LogP contribution in [0.1, 0.15) is 24.4 Å². The standard InChI is InChI=1S/C17H20N6O2/c1-12-9-16(22(3)20-12)18-17(24)13(2)23-10-14(19-21-23)11-25-15-7-5-4-6-8-15/h4-10,13H,11H2,1-3H3,(H,18,24)/t13-/m1/s1. The Morgan fingerprint density at radius 3 is 2.76 bits per heavy atom. The Labute approximate surface area is 145 Å². The summed E-state index contributed by atoms with van der Waals surface area (Å²) < 4.78 is 8.77. The van der Waals surface area contributed by atoms with E-state index in [1.807, 2.05) is 43.3 Å². The summed E-state index contributed by atoms with van der Waals surface area (Å²) in [6.45, 7) is 3.92. The number of amides is 1. The number of anilines is 1. The van der Waals surface area contributed by atoms with Gasteiger partial charge in [0.2, 0.25) is 5.91 Å². The summed E-state index contributed by atoms with van der Waals surface area (Å²) in [4.78, 5) is 12.4. The van der Waals surface area contributed by atoms with Crippen molar-refractivity contribution < 1.29 is 9.53 Å². The van der Waals surface area contributed by atoms with Gasteiger partial charge in [0, 0.05) is 13.1 Å². The highest BCUT2D eigenvalue weighted by atomic mass is 16.5. The van der Waals surface area contributed by atoms with Crippen molar-refractivity contribution in [3.05, 3.63) is 54.0 Å². The van der Waals surface area contributed by atoms with E-state index in [-0.39, 0.29) is 5.91 Å². The second-order valence-corrected chi connectivity index (χ2v) is 5.75. The van der Waals surface area contributed by atoms with E-state index in [1.165, 1.54) is 4.68 Å². The molecule has 0 fully saturated rings. The second kappa shape index (κ2) is 7.16. The quantitative estimate of drug-likeness (QED) is 0.742. The third-order valence-corrected chi connectivity index (χ3v) is 3.72. The largest absolute Gasteiger partial charge is 0.487 e. The molecular formula is C17H20N6O2. The van der Waals surface area contributed by atoms with Crippen LogP contribution in [0.2, 0.25) is 0 Å². The van der Waals surface area contributed by atoms with Gasteiger partial charge < -0.3 is 10.1 Å². The molecule has 0 spiro atoms. The lowest BCUT2D eigenvalue weighted by Crippen LogP contribution is -2.25. The van der Waals surface area contributed by atoms with Crippen LogP contribution in [0.5, 0.6) is 5.75 Å². The molecule has 1 atom stereocenters. The molecule has 8 nitrogen and oxygen atoms in total. The molecule has 0 aliphatic carbocycles. The van der Waals surface area contributed by atoms with Crippen molar-refractivity contribution in [2.75, 3.05) is 5.32 Å². The first-order valence-electron chi connectivity index (χ1n) is 7.93. The van der Waals surface area contributed by atoms with Crippen molar-refractivity contribution in [3.8, 4) is 5.75 Å². The molecule has 3 rings (SSSR count). The van der Waals surface area contributed by atoms with E-state index in [1.54, 1.807) is 24.9 Å². The van der Waals surface area contributed by atoms with Crippen LogP contribution in [0.15, 0.2) is 42.6 Å². The Kier molecular flexibility index (Phi) is 4.78. The number of aryl methyl sites for hydroxylation is 2. The first kappa shape index (κ1) is 16.7. The molecule has 1 amide bonds. The monoisotopic (exact) mass is 340 g/mol. The van der Waals surface area contributed by atoms with Gasteiger partial charge in [-0.15, -0.1) is 5.10 Å². The Hall–Kier alpha value is -3.16. The fraction of sp³-hybridized carbons (Fsp3) is 0.294. The molecule has 1 aromatic carbocycles. The molecule has 0 saturated heterocycles. The summed E-state index contributed by atoms with van der Waals surface area (Å²) in [7, 11) is 1.78. The fourth-order valence-corrected chi connectivity index (χ4v) is 2.32. The molecular weight excluding hydrogens is 320 g/mol. The molecule has 0 radical (unpaired) electrons. The van der Waals surface area contributed by atoms with E-state index < -0.39 is 6.04 Å². The number of hydrogen-bond donors (Lipinski definition) is 1. The van der Waals surface area contributed by atoms with Crippen molar-refractivity contribution in [2.24, 2.45) is 7.05 Å². The average Bonchev–Trinajstić information content (AvgIpc) is 3.20. The zero-order valence-corrected chi connectivity index (χ0v) is 14.4. The zero-order chi connectivity index (χ0) is 17.8. The minimum atomic E-state index is -0.506. The molecule has 0 unspecified atom stereocenters. The predicted molar refractivity (Wildman–Crippen MR) is 92.1 cm³/mol. The first-order valence-corrected chi connectivity index (χ1v) is 7.93. The maximum absolute atomic E-state index is 12.4. The van der Waals surface area contributed by atoms with Crippen LogP contribution >= 0.6 is 0 Å². The summed E-state index contributed by atoms with van der Waals surface area (Å²) in [5.41, 5.74) is 1.49. The third-order valence-electron chi connectivity index (χ3n) is 3.72. The van der Waals surface area contributed by atoms with Crippen molar-refractivity contribution in [3.63, 3.8) is 0 Å². The normalized spacial score (nSPS) is 12.0. The van der Waals surface area contributed by atoms with Crippen molar-refractivity contribution in [2.45, 2.75) is 26.5 Å². The molecule has 0 saturated carbocycles. The number of hydrogen-bond acceptors (Lipinski definition) is 5. The molecule has 8 heteroatoms. The molecule has 130 valence electrons. The molecule has 3 aromatic rings. The Bertz CT molecular complexity index is 855. The van der Waals surface area contributed by atoms with Crippen LogP contribution < -0.4 is 10.1 Å². The maximum atomic E-state index is 12.4. The highest BCUT2D eigenvalue weighted by Gasteiger charge is 2.18. The van der Waals surface area contributed by atoms with Crippen LogP contribution in [0.25, 0.3) is 0 Å². The maximum Gasteiger partial charge on any atom is 0.250 e. The summed E-state index contributed by atoms with van der Waals surface area (Å²) >= 11 is 0. The number of para-hydroxylation sites is 1. The van der Waals surface area contributed by atoms with Crippen LogP contribution in [-0.2, 0) is 18.4 Å². The Balaban J connectivity index is 1.60. The lowest BCUT2D eigenvalue weighted by molar-refractivity contribution is -0.119. The highest BCUT2D eigenvalue weighted by molar-refractivity contribution is 5.92. The molecule has 2 heterocycles. The van der Waals surface area contributed by atoms with E-state index >= 15 is 0 Å². The second-order valence-electron chi connectivity index (χ2n) is 5.75. The third kappa shape index (κ3) is 4.03. The lowest BCUT2D eigenvalue weighted by Gasteiger charge is -2.11. The van der Waals surface area contributed by atoms with E-state index in [2.05, 4.69) is 20.7 Å². The molecule has 0 bridgehead atoms. The minimum absolute atomic E-state index is 0.191. The lowest BCUT2D eigenvalue weighted by atomic mass is 10.3. The SMILES string of the molecule is Cc1cc(NC(=O)[C@@H](C)n2cc(COc3ccccc3)nn2)n(C)n1. The number of carbonyl (C=O) groups is 1. The number of aromatic nitrogens is 5. The Morgan fingerprint density at radius 2 is 2.08 bits per heavy atom. The van der Waals surface area contributed by atoms with Gasteiger partial charge in [0.15, 0.2) is 0 Å². The molecule has 0 aliphatic heterocycles. The van der Waals surface area contributed by atoms with Gasteiger partial charge in [-0.25, -0.2) is 4.68 Å². The summed E-state index contributed by atoms with van der Waals surface area (Å²) in [6.07, 6.45) is 1.71. The van der Waals surface area contributed by atoms with Crippen LogP contribution in [0, 0.1) is 6.92 Å². The minimum Gasteiger partial charge on any atom is -0.487 e. The van der Waals surface area contributed by atoms with Crippen molar-refractivity contribution in [1.29, 1.82) is 0 Å². The van der Waals surface area contributed by atoms with Crippen molar-refractivity contribution in [1.82, 2.24) is 24.8 Å². The van der Waals surface area contributed by atoms with Gasteiger partial charge >= 0.3 is 0 Å². The highest BCUT2D eigenvalue weighted by Crippen LogP contribution is 2.14. The molecule has 1 N–H and O–H groups in total. The summed E-state index contributed by atoms with van der Waals surface area (Å²) in [6, 6.07) is 10.8. The van der Waals surface area contributed by atoms with Gasteiger partial charge in [-0.1, -0.05) is 23.4 Å². The predicted octanol–water partition coefficient (Wildman–Crippen LogP) is 2.10. The molecule has 2 aromatic heterocycles. The van der Waals surface area contributed by atoms with Gasteiger partial charge in [0.1, 0.15) is 29.9 Å². The Morgan fingerprint density at radius 1 is 1.32 bits per heavy atom. The van der Waals surface area contributed by atoms with Gasteiger partial charge in [-0.2, -0.15) is 5.10 Å². The number of carbonyl (C=O) groups excluding carboxylic acids is 1. The number of nitrogens with zero attached hydrogens (tertiary/aromatic N) is 5. The molecule has 25 heavy (non-hydrogen) atoms. The van der Waals surface area contributed by atoms with Gasteiger partial charge in [0.25, 0.3) is 0 Å². The van der Waals surface area contributed by atoms with Crippen LogP contribution in [0.4, 0.5) is 5.82 Å². The number of benzene rings is 1. The van der Waals surface area contributed by atoms with E-state index in [0.717, 1.165) is 11.4 Å². The van der Waals surface area contributed by atoms with Gasteiger partial charge in [-0.3, -0.25) is 9.48 Å². The smallest absolute Gasteiger partial charge is 0.250 e. The number of rotatable bonds is 6. The topological polar surface area (TPSA) is 86.9 Å². The average molecular weight is 340 g/mol. The molecule has 0 aliphatic rings. The zero-order valence-electron chi connectivity index (χ0n) is 14.4.